The number of carbonyl (C=O) groups excluding carboxylic acids is 1. The van der Waals surface area contributed by atoms with Gasteiger partial charge in [0.15, 0.2) is 6.79 Å². The number of allylic oxidation sites excluding steroid dienone is 1. The van der Waals surface area contributed by atoms with Gasteiger partial charge in [-0.3, -0.25) is 4.79 Å². The molecule has 0 saturated heterocycles. The van der Waals surface area contributed by atoms with Crippen molar-refractivity contribution in [3.05, 3.63) is 12.7 Å². The highest BCUT2D eigenvalue weighted by Gasteiger charge is 1.99. The average Bonchev–Trinajstić information content (AvgIpc) is 2.14. The van der Waals surface area contributed by atoms with Crippen LogP contribution in [0.5, 0.6) is 0 Å². The molecule has 4 nitrogen and oxygen atoms in total. The van der Waals surface area contributed by atoms with Gasteiger partial charge >= 0.3 is 5.97 Å². The van der Waals surface area contributed by atoms with Crippen LogP contribution < -0.4 is 0 Å². The smallest absolute Gasteiger partial charge is 0.308 e. The number of rotatable bonds is 8. The number of carbonyl (C=O) groups is 1. The fourth-order valence-electron chi connectivity index (χ4n) is 0.601. The molecular formula is C8H16O4Si. The van der Waals surface area contributed by atoms with Crippen LogP contribution in [-0.4, -0.2) is 36.5 Å². The lowest BCUT2D eigenvalue weighted by Gasteiger charge is -2.04. The molecule has 0 atom stereocenters. The summed E-state index contributed by atoms with van der Waals surface area (Å²) in [5.41, 5.74) is 0. The molecular weight excluding hydrogens is 188 g/mol. The standard InChI is InChI=1S/C8H16O4Si/c1-2-3-4-8(9)11-7-10-5-6-12-13/h2H,1,3-7H2,13H3. The van der Waals surface area contributed by atoms with Crippen molar-refractivity contribution < 1.29 is 18.7 Å². The van der Waals surface area contributed by atoms with Gasteiger partial charge in [0.05, 0.1) is 13.2 Å². The first-order valence-corrected chi connectivity index (χ1v) is 4.96. The second-order valence-electron chi connectivity index (χ2n) is 2.36. The zero-order valence-corrected chi connectivity index (χ0v) is 9.95. The van der Waals surface area contributed by atoms with Gasteiger partial charge in [-0.15, -0.1) is 6.58 Å². The Morgan fingerprint density at radius 3 is 2.85 bits per heavy atom. The molecule has 0 saturated carbocycles. The summed E-state index contributed by atoms with van der Waals surface area (Å²) in [6.07, 6.45) is 2.68. The van der Waals surface area contributed by atoms with Gasteiger partial charge < -0.3 is 13.9 Å². The van der Waals surface area contributed by atoms with E-state index < -0.39 is 0 Å². The van der Waals surface area contributed by atoms with E-state index in [2.05, 4.69) is 6.58 Å². The SMILES string of the molecule is C=CCCC(=O)OCOCCO[SiH3]. The Bertz CT molecular complexity index is 149. The van der Waals surface area contributed by atoms with Crippen LogP contribution in [0.4, 0.5) is 0 Å². The van der Waals surface area contributed by atoms with Crippen LogP contribution in [-0.2, 0) is 18.7 Å². The van der Waals surface area contributed by atoms with Crippen molar-refractivity contribution in [3.8, 4) is 0 Å². The summed E-state index contributed by atoms with van der Waals surface area (Å²) in [6, 6.07) is 0. The second kappa shape index (κ2) is 9.44. The Morgan fingerprint density at radius 1 is 1.46 bits per heavy atom. The second-order valence-corrected chi connectivity index (χ2v) is 2.94. The zero-order valence-electron chi connectivity index (χ0n) is 7.95. The zero-order chi connectivity index (χ0) is 9.94. The van der Waals surface area contributed by atoms with Gasteiger partial charge in [0.2, 0.25) is 0 Å². The van der Waals surface area contributed by atoms with Crippen molar-refractivity contribution in [2.45, 2.75) is 12.8 Å². The molecule has 0 aromatic carbocycles. The van der Waals surface area contributed by atoms with Gasteiger partial charge in [0.1, 0.15) is 10.5 Å². The van der Waals surface area contributed by atoms with Crippen molar-refractivity contribution in [2.75, 3.05) is 20.0 Å². The van der Waals surface area contributed by atoms with Crippen molar-refractivity contribution in [2.24, 2.45) is 0 Å². The van der Waals surface area contributed by atoms with Gasteiger partial charge in [0, 0.05) is 6.42 Å². The number of esters is 1. The Labute approximate surface area is 81.4 Å². The summed E-state index contributed by atoms with van der Waals surface area (Å²) >= 11 is 0. The fraction of sp³-hybridized carbons (Fsp3) is 0.625. The molecule has 0 spiro atoms. The third-order valence-corrected chi connectivity index (χ3v) is 1.70. The van der Waals surface area contributed by atoms with E-state index in [4.69, 9.17) is 13.9 Å². The maximum atomic E-state index is 10.9. The molecule has 0 unspecified atom stereocenters. The molecule has 0 rings (SSSR count). The predicted molar refractivity (Wildman–Crippen MR) is 52.2 cm³/mol. The first kappa shape index (κ1) is 12.3. The minimum absolute atomic E-state index is 0.0148. The van der Waals surface area contributed by atoms with Crippen LogP contribution >= 0.6 is 0 Å². The summed E-state index contributed by atoms with van der Waals surface area (Å²) in [4.78, 5) is 10.9. The van der Waals surface area contributed by atoms with E-state index in [0.29, 0.717) is 36.5 Å². The molecule has 0 aliphatic carbocycles. The number of ether oxygens (including phenoxy) is 2. The Morgan fingerprint density at radius 2 is 2.23 bits per heavy atom. The lowest BCUT2D eigenvalue weighted by Crippen LogP contribution is -2.10. The van der Waals surface area contributed by atoms with E-state index in [1.165, 1.54) is 0 Å². The largest absolute Gasteiger partial charge is 0.438 e. The minimum atomic E-state index is -0.258. The van der Waals surface area contributed by atoms with Crippen LogP contribution in [0.25, 0.3) is 0 Å². The minimum Gasteiger partial charge on any atom is -0.438 e. The molecule has 0 amide bonds. The van der Waals surface area contributed by atoms with Gasteiger partial charge in [-0.2, -0.15) is 0 Å². The molecule has 0 heterocycles. The molecule has 13 heavy (non-hydrogen) atoms. The van der Waals surface area contributed by atoms with Crippen LogP contribution in [0.2, 0.25) is 0 Å². The van der Waals surface area contributed by atoms with Gasteiger partial charge in [-0.25, -0.2) is 0 Å². The van der Waals surface area contributed by atoms with E-state index in [1.807, 2.05) is 0 Å². The lowest BCUT2D eigenvalue weighted by atomic mass is 10.3. The molecule has 0 aliphatic rings. The summed E-state index contributed by atoms with van der Waals surface area (Å²) in [5, 5.41) is 0. The molecule has 0 N–H and O–H groups in total. The molecule has 0 aliphatic heterocycles. The van der Waals surface area contributed by atoms with E-state index in [1.54, 1.807) is 6.08 Å². The Hall–Kier alpha value is -0.653. The summed E-state index contributed by atoms with van der Waals surface area (Å²) in [7, 11) is 0.707. The summed E-state index contributed by atoms with van der Waals surface area (Å²) < 4.78 is 14.6. The van der Waals surface area contributed by atoms with Crippen molar-refractivity contribution >= 4 is 16.5 Å². The maximum Gasteiger partial charge on any atom is 0.308 e. The molecule has 0 bridgehead atoms. The quantitative estimate of drug-likeness (QED) is 0.180. The average molecular weight is 204 g/mol. The van der Waals surface area contributed by atoms with Crippen LogP contribution in [0, 0.1) is 0 Å². The number of hydrogen-bond donors (Lipinski definition) is 0. The van der Waals surface area contributed by atoms with Crippen LogP contribution in [0.3, 0.4) is 0 Å². The van der Waals surface area contributed by atoms with Gasteiger partial charge in [-0.05, 0) is 6.42 Å². The first-order chi connectivity index (χ1) is 6.31. The fourth-order valence-corrected chi connectivity index (χ4v) is 0.767. The van der Waals surface area contributed by atoms with E-state index in [9.17, 15) is 4.79 Å². The Kier molecular flexibility index (Phi) is 8.96. The summed E-state index contributed by atoms with van der Waals surface area (Å²) in [6.45, 7) is 4.55. The highest BCUT2D eigenvalue weighted by molar-refractivity contribution is 5.97. The van der Waals surface area contributed by atoms with E-state index >= 15 is 0 Å². The topological polar surface area (TPSA) is 44.8 Å². The van der Waals surface area contributed by atoms with Crippen LogP contribution in [0.1, 0.15) is 12.8 Å². The van der Waals surface area contributed by atoms with E-state index in [-0.39, 0.29) is 12.8 Å². The first-order valence-electron chi connectivity index (χ1n) is 4.14. The van der Waals surface area contributed by atoms with Gasteiger partial charge in [0.25, 0.3) is 0 Å². The normalized spacial score (nSPS) is 9.85. The molecule has 0 fully saturated rings. The Balaban J connectivity index is 3.12. The van der Waals surface area contributed by atoms with E-state index in [0.717, 1.165) is 0 Å². The van der Waals surface area contributed by atoms with Crippen molar-refractivity contribution in [3.63, 3.8) is 0 Å². The van der Waals surface area contributed by atoms with Crippen molar-refractivity contribution in [1.82, 2.24) is 0 Å². The predicted octanol–water partition coefficient (Wildman–Crippen LogP) is -0.233. The third-order valence-electron chi connectivity index (χ3n) is 1.29. The van der Waals surface area contributed by atoms with Gasteiger partial charge in [-0.1, -0.05) is 6.08 Å². The molecule has 5 heteroatoms. The van der Waals surface area contributed by atoms with Crippen molar-refractivity contribution in [1.29, 1.82) is 0 Å². The highest BCUT2D eigenvalue weighted by Crippen LogP contribution is 1.93. The monoisotopic (exact) mass is 204 g/mol. The molecule has 76 valence electrons. The lowest BCUT2D eigenvalue weighted by molar-refractivity contribution is -0.156. The highest BCUT2D eigenvalue weighted by atomic mass is 28.2. The molecule has 0 radical (unpaired) electrons. The van der Waals surface area contributed by atoms with Crippen LogP contribution in [0.15, 0.2) is 12.7 Å². The molecule has 0 aromatic heterocycles. The maximum absolute atomic E-state index is 10.9. The third kappa shape index (κ3) is 9.26. The molecule has 0 aromatic rings. The summed E-state index contributed by atoms with van der Waals surface area (Å²) in [5.74, 6) is -0.258. The number of hydrogen-bond acceptors (Lipinski definition) is 4.